The first kappa shape index (κ1) is 33.6. The number of nitrogens with zero attached hydrogens (tertiary/aromatic N) is 8. The van der Waals surface area contributed by atoms with Crippen molar-refractivity contribution in [2.24, 2.45) is 0 Å². The van der Waals surface area contributed by atoms with E-state index < -0.39 is 17.3 Å². The highest BCUT2D eigenvalue weighted by atomic mass is 19.4. The molecule has 0 radical (unpaired) electrons. The Morgan fingerprint density at radius 1 is 1.00 bits per heavy atom. The molecule has 262 valence electrons. The van der Waals surface area contributed by atoms with Crippen LogP contribution in [0.25, 0.3) is 28.4 Å². The summed E-state index contributed by atoms with van der Waals surface area (Å²) in [5.74, 6) is -0.549. The van der Waals surface area contributed by atoms with Gasteiger partial charge in [0.05, 0.1) is 24.0 Å². The molecule has 51 heavy (non-hydrogen) atoms. The number of anilines is 1. The number of nitrogens with one attached hydrogen (secondary N) is 1. The molecule has 1 fully saturated rings. The van der Waals surface area contributed by atoms with Gasteiger partial charge in [0, 0.05) is 40.3 Å². The molecule has 0 aliphatic carbocycles. The Balaban J connectivity index is 1.05. The van der Waals surface area contributed by atoms with E-state index in [1.165, 1.54) is 18.3 Å². The molecule has 1 unspecified atom stereocenters. The van der Waals surface area contributed by atoms with Crippen LogP contribution < -0.4 is 5.32 Å². The van der Waals surface area contributed by atoms with Gasteiger partial charge in [-0.1, -0.05) is 23.4 Å². The summed E-state index contributed by atoms with van der Waals surface area (Å²) >= 11 is 0. The summed E-state index contributed by atoms with van der Waals surface area (Å²) in [7, 11) is 0. The summed E-state index contributed by atoms with van der Waals surface area (Å²) in [6.45, 7) is 9.58. The molecular formula is C36H34F3N9O3. The number of rotatable bonds is 6. The highest BCUT2D eigenvalue weighted by molar-refractivity contribution is 6.08. The third-order valence-corrected chi connectivity index (χ3v) is 9.24. The van der Waals surface area contributed by atoms with Crippen molar-refractivity contribution >= 4 is 23.1 Å². The van der Waals surface area contributed by atoms with Crippen molar-refractivity contribution in [3.63, 3.8) is 0 Å². The maximum absolute atomic E-state index is 13.9. The van der Waals surface area contributed by atoms with E-state index in [4.69, 9.17) is 4.42 Å². The number of aryl methyl sites for hydroxylation is 3. The van der Waals surface area contributed by atoms with E-state index in [1.54, 1.807) is 33.2 Å². The highest BCUT2D eigenvalue weighted by Gasteiger charge is 2.40. The average Bonchev–Trinajstić information content (AvgIpc) is 3.83. The quantitative estimate of drug-likeness (QED) is 0.195. The van der Waals surface area contributed by atoms with Gasteiger partial charge in [0.15, 0.2) is 11.3 Å². The summed E-state index contributed by atoms with van der Waals surface area (Å²) in [6, 6.07) is 13.6. The Bertz CT molecular complexity index is 2290. The number of likely N-dealkylation sites (tertiary alicyclic amines) is 1. The summed E-state index contributed by atoms with van der Waals surface area (Å²) in [4.78, 5) is 37.6. The standard InChI is InChI=1S/C36H34F3N9O3/c1-20-15-21(2)48-31(41-20)28(17-40-48)32(49)42-26-11-9-23(10-12-26)29-19-47(45-44-29)27-13-14-35(4,5)46(18-27)34(50)30-22(3)51-33(43-30)24-7-6-8-25(16-24)36(37,38)39/h6-12,15-17,19,27H,13-14,18H2,1-5H3,(H,42,49). The molecule has 2 aromatic carbocycles. The molecular weight excluding hydrogens is 663 g/mol. The van der Waals surface area contributed by atoms with E-state index in [2.05, 4.69) is 30.7 Å². The number of oxazole rings is 1. The van der Waals surface area contributed by atoms with Gasteiger partial charge in [-0.3, -0.25) is 9.59 Å². The predicted octanol–water partition coefficient (Wildman–Crippen LogP) is 7.10. The molecule has 15 heteroatoms. The van der Waals surface area contributed by atoms with Crippen molar-refractivity contribution in [1.29, 1.82) is 0 Å². The van der Waals surface area contributed by atoms with Crippen LogP contribution in [0.2, 0.25) is 0 Å². The third kappa shape index (κ3) is 6.46. The van der Waals surface area contributed by atoms with Crippen molar-refractivity contribution in [3.05, 3.63) is 101 Å². The number of fused-ring (bicyclic) bond motifs is 1. The van der Waals surface area contributed by atoms with Crippen LogP contribution >= 0.6 is 0 Å². The molecule has 2 amide bonds. The number of aromatic nitrogens is 7. The van der Waals surface area contributed by atoms with Gasteiger partial charge in [0.25, 0.3) is 11.8 Å². The summed E-state index contributed by atoms with van der Waals surface area (Å²) in [6.07, 6.45) is 0.186. The molecule has 0 bridgehead atoms. The smallest absolute Gasteiger partial charge is 0.416 e. The second-order valence-corrected chi connectivity index (χ2v) is 13.4. The van der Waals surface area contributed by atoms with Crippen LogP contribution in [-0.2, 0) is 6.18 Å². The van der Waals surface area contributed by atoms with Gasteiger partial charge in [-0.2, -0.15) is 18.3 Å². The molecule has 1 saturated heterocycles. The van der Waals surface area contributed by atoms with E-state index in [-0.39, 0.29) is 40.8 Å². The number of alkyl halides is 3. The number of hydrogen-bond acceptors (Lipinski definition) is 8. The zero-order valence-electron chi connectivity index (χ0n) is 28.5. The SMILES string of the molecule is Cc1cc(C)n2ncc(C(=O)Nc3ccc(-c4cn(C5CCC(C)(C)N(C(=O)c6nc(-c7cccc(C(F)(F)F)c7)oc6C)C5)nn4)cc3)c2n1. The lowest BCUT2D eigenvalue weighted by atomic mass is 9.87. The van der Waals surface area contributed by atoms with Crippen LogP contribution in [0.15, 0.2) is 71.4 Å². The highest BCUT2D eigenvalue weighted by Crippen LogP contribution is 2.36. The molecule has 7 rings (SSSR count). The first-order valence-electron chi connectivity index (χ1n) is 16.3. The molecule has 1 N–H and O–H groups in total. The fourth-order valence-electron chi connectivity index (χ4n) is 6.39. The lowest BCUT2D eigenvalue weighted by Gasteiger charge is -2.45. The molecule has 6 aromatic rings. The first-order chi connectivity index (χ1) is 24.2. The van der Waals surface area contributed by atoms with E-state index >= 15 is 0 Å². The predicted molar refractivity (Wildman–Crippen MR) is 181 cm³/mol. The topological polar surface area (TPSA) is 136 Å². The molecule has 0 saturated carbocycles. The van der Waals surface area contributed by atoms with Gasteiger partial charge < -0.3 is 14.6 Å². The van der Waals surface area contributed by atoms with Gasteiger partial charge in [0.1, 0.15) is 17.0 Å². The third-order valence-electron chi connectivity index (χ3n) is 9.24. The second-order valence-electron chi connectivity index (χ2n) is 13.4. The van der Waals surface area contributed by atoms with E-state index in [0.717, 1.165) is 35.5 Å². The van der Waals surface area contributed by atoms with Crippen LogP contribution in [0.4, 0.5) is 18.9 Å². The number of halogens is 3. The zero-order valence-corrected chi connectivity index (χ0v) is 28.5. The molecule has 4 aromatic heterocycles. The number of carbonyl (C=O) groups is 2. The molecule has 0 spiro atoms. The van der Waals surface area contributed by atoms with E-state index in [9.17, 15) is 22.8 Å². The monoisotopic (exact) mass is 697 g/mol. The zero-order chi connectivity index (χ0) is 36.2. The molecule has 1 aliphatic rings. The van der Waals surface area contributed by atoms with Crippen molar-refractivity contribution in [2.75, 3.05) is 11.9 Å². The normalized spacial score (nSPS) is 16.1. The Hall–Kier alpha value is -5.86. The Morgan fingerprint density at radius 2 is 1.76 bits per heavy atom. The molecule has 5 heterocycles. The minimum Gasteiger partial charge on any atom is -0.441 e. The summed E-state index contributed by atoms with van der Waals surface area (Å²) < 4.78 is 49.0. The van der Waals surface area contributed by atoms with Crippen LogP contribution in [-0.4, -0.2) is 63.4 Å². The lowest BCUT2D eigenvalue weighted by molar-refractivity contribution is -0.137. The largest absolute Gasteiger partial charge is 0.441 e. The minimum absolute atomic E-state index is 0.0469. The molecule has 1 atom stereocenters. The first-order valence-corrected chi connectivity index (χ1v) is 16.3. The number of amides is 2. The lowest BCUT2D eigenvalue weighted by Crippen LogP contribution is -2.53. The number of piperidine rings is 1. The van der Waals surface area contributed by atoms with E-state index in [1.807, 2.05) is 52.1 Å². The van der Waals surface area contributed by atoms with Gasteiger partial charge in [0.2, 0.25) is 5.89 Å². The van der Waals surface area contributed by atoms with Crippen molar-refractivity contribution in [1.82, 2.24) is 39.5 Å². The summed E-state index contributed by atoms with van der Waals surface area (Å²) in [5.41, 5.74) is 3.32. The van der Waals surface area contributed by atoms with Gasteiger partial charge >= 0.3 is 6.18 Å². The number of benzene rings is 2. The minimum atomic E-state index is -4.53. The van der Waals surface area contributed by atoms with Crippen LogP contribution in [0.1, 0.15) is 76.3 Å². The van der Waals surface area contributed by atoms with Gasteiger partial charge in [-0.25, -0.2) is 19.2 Å². The van der Waals surface area contributed by atoms with Gasteiger partial charge in [-0.15, -0.1) is 5.10 Å². The maximum Gasteiger partial charge on any atom is 0.416 e. The molecule has 1 aliphatic heterocycles. The van der Waals surface area contributed by atoms with Crippen molar-refractivity contribution in [3.8, 4) is 22.7 Å². The van der Waals surface area contributed by atoms with Crippen LogP contribution in [0.3, 0.4) is 0 Å². The average molecular weight is 698 g/mol. The van der Waals surface area contributed by atoms with Crippen molar-refractivity contribution < 1.29 is 27.2 Å². The fraction of sp³-hybridized carbons (Fsp3) is 0.306. The number of hydrogen-bond donors (Lipinski definition) is 1. The second kappa shape index (κ2) is 12.5. The van der Waals surface area contributed by atoms with Crippen LogP contribution in [0, 0.1) is 20.8 Å². The van der Waals surface area contributed by atoms with E-state index in [0.29, 0.717) is 35.6 Å². The Kier molecular flexibility index (Phi) is 8.23. The number of carbonyl (C=O) groups excluding carboxylic acids is 2. The van der Waals surface area contributed by atoms with Crippen LogP contribution in [0.5, 0.6) is 0 Å². The summed E-state index contributed by atoms with van der Waals surface area (Å²) in [5, 5.41) is 16.0. The molecule has 12 nitrogen and oxygen atoms in total. The Labute approximate surface area is 290 Å². The fourth-order valence-corrected chi connectivity index (χ4v) is 6.39. The Morgan fingerprint density at radius 3 is 2.51 bits per heavy atom. The van der Waals surface area contributed by atoms with Gasteiger partial charge in [-0.05, 0) is 83.9 Å². The maximum atomic E-state index is 13.9. The van der Waals surface area contributed by atoms with Crippen molar-refractivity contribution in [2.45, 2.75) is 65.2 Å².